The summed E-state index contributed by atoms with van der Waals surface area (Å²) in [5.41, 5.74) is -0.0436. The first-order chi connectivity index (χ1) is 15.4. The van der Waals surface area contributed by atoms with Gasteiger partial charge in [-0.25, -0.2) is 4.79 Å². The maximum atomic E-state index is 12.8. The van der Waals surface area contributed by atoms with Crippen LogP contribution in [-0.2, 0) is 14.3 Å². The summed E-state index contributed by atoms with van der Waals surface area (Å²) in [6.07, 6.45) is 0. The van der Waals surface area contributed by atoms with Gasteiger partial charge in [0.25, 0.3) is 0 Å². The molecule has 0 radical (unpaired) electrons. The lowest BCUT2D eigenvalue weighted by Gasteiger charge is -2.37. The second kappa shape index (κ2) is 10.9. The predicted molar refractivity (Wildman–Crippen MR) is 122 cm³/mol. The van der Waals surface area contributed by atoms with Gasteiger partial charge in [-0.2, -0.15) is 0 Å². The lowest BCUT2D eigenvalue weighted by Crippen LogP contribution is -2.58. The molecule has 8 nitrogen and oxygen atoms in total. The number of piperazine rings is 1. The molecule has 0 bridgehead atoms. The van der Waals surface area contributed by atoms with E-state index in [2.05, 4.69) is 10.2 Å². The summed E-state index contributed by atoms with van der Waals surface area (Å²) < 4.78 is 15.9. The molecule has 1 unspecified atom stereocenters. The van der Waals surface area contributed by atoms with Crippen molar-refractivity contribution in [1.82, 2.24) is 10.2 Å². The largest absolute Gasteiger partial charge is 0.497 e. The average molecular weight is 442 g/mol. The first-order valence-corrected chi connectivity index (χ1v) is 10.6. The molecule has 1 aliphatic heterocycles. The molecule has 1 fully saturated rings. The van der Waals surface area contributed by atoms with Gasteiger partial charge in [-0.1, -0.05) is 18.2 Å². The van der Waals surface area contributed by atoms with E-state index in [4.69, 9.17) is 14.2 Å². The van der Waals surface area contributed by atoms with Gasteiger partial charge < -0.3 is 24.0 Å². The molecule has 0 aromatic heterocycles. The number of rotatable bonds is 9. The van der Waals surface area contributed by atoms with E-state index in [9.17, 15) is 9.59 Å². The van der Waals surface area contributed by atoms with Gasteiger partial charge in [0, 0.05) is 31.9 Å². The van der Waals surface area contributed by atoms with E-state index in [1.807, 2.05) is 59.5 Å². The molecule has 8 heteroatoms. The summed E-state index contributed by atoms with van der Waals surface area (Å²) in [4.78, 5) is 29.2. The van der Waals surface area contributed by atoms with E-state index in [0.717, 1.165) is 24.5 Å². The number of para-hydroxylation sites is 1. The van der Waals surface area contributed by atoms with Gasteiger partial charge in [-0.15, -0.1) is 0 Å². The summed E-state index contributed by atoms with van der Waals surface area (Å²) in [5.74, 6) is 0.920. The standard InChI is InChI=1S/C24H31N3O5/c1-24(23(29)31-3,18-32-21-7-5-4-6-8-21)25-17-22(28)27-15-13-26(14-16-27)19-9-11-20(30-2)12-10-19/h4-12,25H,13-18H2,1-3H3. The van der Waals surface area contributed by atoms with Crippen molar-refractivity contribution in [1.29, 1.82) is 0 Å². The van der Waals surface area contributed by atoms with Gasteiger partial charge in [0.2, 0.25) is 5.91 Å². The van der Waals surface area contributed by atoms with Crippen molar-refractivity contribution in [3.8, 4) is 11.5 Å². The third kappa shape index (κ3) is 5.91. The third-order valence-electron chi connectivity index (χ3n) is 5.61. The Labute approximate surface area is 189 Å². The van der Waals surface area contributed by atoms with Gasteiger partial charge >= 0.3 is 5.97 Å². The SMILES string of the molecule is COC(=O)C(C)(COc1ccccc1)NCC(=O)N1CCN(c2ccc(OC)cc2)CC1. The van der Waals surface area contributed by atoms with E-state index in [1.54, 1.807) is 14.0 Å². The van der Waals surface area contributed by atoms with Crippen molar-refractivity contribution < 1.29 is 23.8 Å². The Kier molecular flexibility index (Phi) is 7.94. The number of carbonyl (C=O) groups is 2. The molecule has 172 valence electrons. The fourth-order valence-corrected chi connectivity index (χ4v) is 3.54. The van der Waals surface area contributed by atoms with Crippen LogP contribution in [0.15, 0.2) is 54.6 Å². The van der Waals surface area contributed by atoms with Crippen LogP contribution in [0.3, 0.4) is 0 Å². The minimum atomic E-state index is -1.15. The van der Waals surface area contributed by atoms with Gasteiger partial charge in [0.05, 0.1) is 20.8 Å². The van der Waals surface area contributed by atoms with Crippen LogP contribution in [0.5, 0.6) is 11.5 Å². The zero-order valence-electron chi connectivity index (χ0n) is 18.9. The lowest BCUT2D eigenvalue weighted by atomic mass is 10.0. The number of ether oxygens (including phenoxy) is 3. The fraction of sp³-hybridized carbons (Fsp3) is 0.417. The number of hydrogen-bond acceptors (Lipinski definition) is 7. The molecule has 1 aliphatic rings. The molecule has 3 rings (SSSR count). The van der Waals surface area contributed by atoms with E-state index in [-0.39, 0.29) is 19.1 Å². The van der Waals surface area contributed by atoms with Crippen molar-refractivity contribution in [2.24, 2.45) is 0 Å². The quantitative estimate of drug-likeness (QED) is 0.596. The van der Waals surface area contributed by atoms with Crippen LogP contribution in [-0.4, -0.2) is 75.9 Å². The molecule has 1 heterocycles. The fourth-order valence-electron chi connectivity index (χ4n) is 3.54. The molecule has 1 atom stereocenters. The van der Waals surface area contributed by atoms with Gasteiger partial charge in [-0.05, 0) is 43.3 Å². The number of carbonyl (C=O) groups excluding carboxylic acids is 2. The van der Waals surface area contributed by atoms with Crippen molar-refractivity contribution in [2.75, 3.05) is 58.5 Å². The Morgan fingerprint density at radius 1 is 0.938 bits per heavy atom. The second-order valence-electron chi connectivity index (χ2n) is 7.84. The van der Waals surface area contributed by atoms with Gasteiger partial charge in [0.1, 0.15) is 23.6 Å². The monoisotopic (exact) mass is 441 g/mol. The molecule has 2 aromatic carbocycles. The highest BCUT2D eigenvalue weighted by Gasteiger charge is 2.36. The van der Waals surface area contributed by atoms with E-state index < -0.39 is 11.5 Å². The summed E-state index contributed by atoms with van der Waals surface area (Å²) in [7, 11) is 2.97. The second-order valence-corrected chi connectivity index (χ2v) is 7.84. The maximum Gasteiger partial charge on any atom is 0.329 e. The van der Waals surface area contributed by atoms with E-state index >= 15 is 0 Å². The van der Waals surface area contributed by atoms with Gasteiger partial charge in [0.15, 0.2) is 0 Å². The molecule has 1 N–H and O–H groups in total. The first-order valence-electron chi connectivity index (χ1n) is 10.6. The average Bonchev–Trinajstić information content (AvgIpc) is 2.86. The first kappa shape index (κ1) is 23.4. The Morgan fingerprint density at radius 2 is 1.59 bits per heavy atom. The molecule has 32 heavy (non-hydrogen) atoms. The zero-order valence-corrected chi connectivity index (χ0v) is 18.9. The minimum Gasteiger partial charge on any atom is -0.497 e. The van der Waals surface area contributed by atoms with Crippen molar-refractivity contribution in [3.05, 3.63) is 54.6 Å². The Balaban J connectivity index is 1.51. The van der Waals surface area contributed by atoms with Crippen molar-refractivity contribution >= 4 is 17.6 Å². The predicted octanol–water partition coefficient (Wildman–Crippen LogP) is 1.94. The van der Waals surface area contributed by atoms with Crippen molar-refractivity contribution in [2.45, 2.75) is 12.5 Å². The molecule has 0 spiro atoms. The highest BCUT2D eigenvalue weighted by Crippen LogP contribution is 2.20. The van der Waals surface area contributed by atoms with E-state index in [0.29, 0.717) is 18.8 Å². The van der Waals surface area contributed by atoms with Crippen LogP contribution in [0.4, 0.5) is 5.69 Å². The van der Waals surface area contributed by atoms with Crippen LogP contribution in [0, 0.1) is 0 Å². The molecule has 1 saturated heterocycles. The number of nitrogens with one attached hydrogen (secondary N) is 1. The Hall–Kier alpha value is -3.26. The van der Waals surface area contributed by atoms with Gasteiger partial charge in [-0.3, -0.25) is 10.1 Å². The van der Waals surface area contributed by atoms with Crippen LogP contribution in [0.2, 0.25) is 0 Å². The number of esters is 1. The highest BCUT2D eigenvalue weighted by atomic mass is 16.5. The maximum absolute atomic E-state index is 12.8. The minimum absolute atomic E-state index is 0.0201. The van der Waals surface area contributed by atoms with Crippen LogP contribution < -0.4 is 19.7 Å². The molecular formula is C24H31N3O5. The zero-order chi connectivity index (χ0) is 23.0. The number of hydrogen-bond donors (Lipinski definition) is 1. The smallest absolute Gasteiger partial charge is 0.329 e. The molecule has 0 aliphatic carbocycles. The lowest BCUT2D eigenvalue weighted by molar-refractivity contribution is -0.149. The number of anilines is 1. The van der Waals surface area contributed by atoms with Crippen LogP contribution in [0.25, 0.3) is 0 Å². The number of benzene rings is 2. The highest BCUT2D eigenvalue weighted by molar-refractivity contribution is 5.83. The van der Waals surface area contributed by atoms with Crippen LogP contribution in [0.1, 0.15) is 6.92 Å². The summed E-state index contributed by atoms with van der Waals surface area (Å²) in [5, 5.41) is 3.05. The molecular weight excluding hydrogens is 410 g/mol. The molecule has 0 saturated carbocycles. The summed E-state index contributed by atoms with van der Waals surface area (Å²) in [6, 6.07) is 17.1. The molecule has 2 aromatic rings. The number of amides is 1. The molecule has 1 amide bonds. The van der Waals surface area contributed by atoms with E-state index in [1.165, 1.54) is 7.11 Å². The van der Waals surface area contributed by atoms with Crippen molar-refractivity contribution in [3.63, 3.8) is 0 Å². The summed E-state index contributed by atoms with van der Waals surface area (Å²) >= 11 is 0. The Bertz CT molecular complexity index is 882. The number of methoxy groups -OCH3 is 2. The topological polar surface area (TPSA) is 80.3 Å². The number of nitrogens with zero attached hydrogens (tertiary/aromatic N) is 2. The normalized spacial score (nSPS) is 15.6. The summed E-state index contributed by atoms with van der Waals surface area (Å²) in [6.45, 7) is 4.45. The third-order valence-corrected chi connectivity index (χ3v) is 5.61. The Morgan fingerprint density at radius 3 is 2.19 bits per heavy atom. The van der Waals surface area contributed by atoms with Crippen LogP contribution >= 0.6 is 0 Å².